The van der Waals surface area contributed by atoms with Gasteiger partial charge in [0.2, 0.25) is 0 Å². The van der Waals surface area contributed by atoms with Crippen molar-refractivity contribution < 1.29 is 9.53 Å². The van der Waals surface area contributed by atoms with Crippen molar-refractivity contribution in [3.8, 4) is 11.3 Å². The standard InChI is InChI=1S/C23H26N4O2/c28-23(29-17-18-6-2-1-3-7-18)24-13-12-22-25-16-21(26-22)19-8-10-20(11-9-19)27-14-4-5-15-27/h1-3,6-11,16H,4-5,12-15,17H2,(H,24,28)(H,25,26). The number of hydrogen-bond acceptors (Lipinski definition) is 4. The van der Waals surface area contributed by atoms with Crippen molar-refractivity contribution in [2.45, 2.75) is 25.9 Å². The summed E-state index contributed by atoms with van der Waals surface area (Å²) in [5.41, 5.74) is 4.25. The number of ether oxygens (including phenoxy) is 1. The van der Waals surface area contributed by atoms with Crippen LogP contribution in [-0.4, -0.2) is 35.7 Å². The first kappa shape index (κ1) is 19.1. The summed E-state index contributed by atoms with van der Waals surface area (Å²) in [6.07, 6.45) is 4.66. The lowest BCUT2D eigenvalue weighted by Crippen LogP contribution is -2.26. The van der Waals surface area contributed by atoms with Crippen molar-refractivity contribution in [1.29, 1.82) is 0 Å². The minimum absolute atomic E-state index is 0.269. The number of imidazole rings is 1. The lowest BCUT2D eigenvalue weighted by molar-refractivity contribution is 0.140. The Morgan fingerprint density at radius 1 is 1.07 bits per heavy atom. The number of rotatable bonds is 7. The van der Waals surface area contributed by atoms with Crippen molar-refractivity contribution in [2.24, 2.45) is 0 Å². The molecule has 29 heavy (non-hydrogen) atoms. The molecule has 6 nitrogen and oxygen atoms in total. The molecule has 0 spiro atoms. The maximum absolute atomic E-state index is 11.8. The van der Waals surface area contributed by atoms with Gasteiger partial charge in [0.25, 0.3) is 0 Å². The van der Waals surface area contributed by atoms with Crippen LogP contribution in [0.5, 0.6) is 0 Å². The summed E-state index contributed by atoms with van der Waals surface area (Å²) in [6, 6.07) is 18.2. The van der Waals surface area contributed by atoms with E-state index in [-0.39, 0.29) is 6.61 Å². The van der Waals surface area contributed by atoms with E-state index in [1.807, 2.05) is 36.5 Å². The van der Waals surface area contributed by atoms with Crippen LogP contribution >= 0.6 is 0 Å². The molecule has 1 amide bonds. The van der Waals surface area contributed by atoms with Crippen molar-refractivity contribution in [3.63, 3.8) is 0 Å². The number of aromatic amines is 1. The minimum atomic E-state index is -0.418. The maximum atomic E-state index is 11.8. The van der Waals surface area contributed by atoms with E-state index in [9.17, 15) is 4.79 Å². The quantitative estimate of drug-likeness (QED) is 0.636. The lowest BCUT2D eigenvalue weighted by Gasteiger charge is -2.17. The van der Waals surface area contributed by atoms with Gasteiger partial charge in [-0.2, -0.15) is 0 Å². The van der Waals surface area contributed by atoms with Gasteiger partial charge in [0.1, 0.15) is 12.4 Å². The first-order valence-electron chi connectivity index (χ1n) is 10.1. The molecule has 2 N–H and O–H groups in total. The fourth-order valence-electron chi connectivity index (χ4n) is 3.51. The van der Waals surface area contributed by atoms with Gasteiger partial charge >= 0.3 is 6.09 Å². The molecule has 0 atom stereocenters. The van der Waals surface area contributed by atoms with E-state index in [0.717, 1.165) is 35.7 Å². The summed E-state index contributed by atoms with van der Waals surface area (Å²) in [6.45, 7) is 3.03. The topological polar surface area (TPSA) is 70.2 Å². The fourth-order valence-corrected chi connectivity index (χ4v) is 3.51. The number of H-pyrrole nitrogens is 1. The maximum Gasteiger partial charge on any atom is 0.407 e. The second kappa shape index (κ2) is 9.28. The van der Waals surface area contributed by atoms with E-state index in [0.29, 0.717) is 13.0 Å². The van der Waals surface area contributed by atoms with Gasteiger partial charge in [-0.05, 0) is 30.5 Å². The lowest BCUT2D eigenvalue weighted by atomic mass is 10.1. The summed E-state index contributed by atoms with van der Waals surface area (Å²) in [5.74, 6) is 0.840. The number of nitrogens with zero attached hydrogens (tertiary/aromatic N) is 2. The number of carbonyl (C=O) groups is 1. The summed E-state index contributed by atoms with van der Waals surface area (Å²) < 4.78 is 5.21. The number of carbonyl (C=O) groups excluding carboxylic acids is 1. The van der Waals surface area contributed by atoms with Crippen LogP contribution in [0.1, 0.15) is 24.2 Å². The molecule has 0 saturated carbocycles. The normalized spacial score (nSPS) is 13.4. The molecule has 1 aliphatic rings. The number of nitrogens with one attached hydrogen (secondary N) is 2. The van der Waals surface area contributed by atoms with Gasteiger partial charge in [0.15, 0.2) is 0 Å². The molecule has 1 aliphatic heterocycles. The van der Waals surface area contributed by atoms with E-state index in [1.54, 1.807) is 0 Å². The van der Waals surface area contributed by atoms with Gasteiger partial charge < -0.3 is 19.9 Å². The second-order valence-electron chi connectivity index (χ2n) is 7.21. The van der Waals surface area contributed by atoms with Gasteiger partial charge in [-0.15, -0.1) is 0 Å². The third kappa shape index (κ3) is 5.16. The fraction of sp³-hybridized carbons (Fsp3) is 0.304. The zero-order valence-corrected chi connectivity index (χ0v) is 16.4. The van der Waals surface area contributed by atoms with Crippen LogP contribution in [0.15, 0.2) is 60.8 Å². The monoisotopic (exact) mass is 390 g/mol. The van der Waals surface area contributed by atoms with Crippen LogP contribution in [0.4, 0.5) is 10.5 Å². The highest BCUT2D eigenvalue weighted by Crippen LogP contribution is 2.24. The average Bonchev–Trinajstić information content (AvgIpc) is 3.46. The zero-order chi connectivity index (χ0) is 19.9. The van der Waals surface area contributed by atoms with Crippen molar-refractivity contribution >= 4 is 11.8 Å². The van der Waals surface area contributed by atoms with Crippen molar-refractivity contribution in [1.82, 2.24) is 15.3 Å². The Kier molecular flexibility index (Phi) is 6.10. The highest BCUT2D eigenvalue weighted by molar-refractivity contribution is 5.67. The summed E-state index contributed by atoms with van der Waals surface area (Å²) in [5, 5.41) is 2.76. The van der Waals surface area contributed by atoms with E-state index in [4.69, 9.17) is 4.74 Å². The zero-order valence-electron chi connectivity index (χ0n) is 16.4. The third-order valence-electron chi connectivity index (χ3n) is 5.11. The average molecular weight is 390 g/mol. The predicted molar refractivity (Wildman–Crippen MR) is 114 cm³/mol. The van der Waals surface area contributed by atoms with Gasteiger partial charge in [0, 0.05) is 43.5 Å². The molecule has 2 heterocycles. The molecule has 150 valence electrons. The highest BCUT2D eigenvalue weighted by Gasteiger charge is 2.12. The summed E-state index contributed by atoms with van der Waals surface area (Å²) in [4.78, 5) is 22.1. The Hall–Kier alpha value is -3.28. The molecule has 1 fully saturated rings. The Bertz CT molecular complexity index is 916. The van der Waals surface area contributed by atoms with Crippen LogP contribution < -0.4 is 10.2 Å². The van der Waals surface area contributed by atoms with E-state index in [1.165, 1.54) is 18.5 Å². The SMILES string of the molecule is O=C(NCCc1nc(-c2ccc(N3CCCC3)cc2)c[nH]1)OCc1ccccc1. The van der Waals surface area contributed by atoms with Crippen LogP contribution in [0.2, 0.25) is 0 Å². The van der Waals surface area contributed by atoms with Crippen LogP contribution in [-0.2, 0) is 17.8 Å². The molecule has 0 unspecified atom stereocenters. The van der Waals surface area contributed by atoms with Crippen LogP contribution in [0.25, 0.3) is 11.3 Å². The Balaban J connectivity index is 1.23. The number of hydrogen-bond donors (Lipinski definition) is 2. The minimum Gasteiger partial charge on any atom is -0.445 e. The Morgan fingerprint density at radius 3 is 2.59 bits per heavy atom. The molecule has 3 aromatic rings. The Labute approximate surface area is 170 Å². The molecule has 6 heteroatoms. The molecular weight excluding hydrogens is 364 g/mol. The smallest absolute Gasteiger partial charge is 0.407 e. The number of aromatic nitrogens is 2. The van der Waals surface area contributed by atoms with Gasteiger partial charge in [-0.3, -0.25) is 0 Å². The van der Waals surface area contributed by atoms with E-state index >= 15 is 0 Å². The molecule has 1 saturated heterocycles. The van der Waals surface area contributed by atoms with E-state index < -0.39 is 6.09 Å². The molecule has 1 aromatic heterocycles. The predicted octanol–water partition coefficient (Wildman–Crippen LogP) is 4.15. The molecule has 4 rings (SSSR count). The van der Waals surface area contributed by atoms with Crippen molar-refractivity contribution in [3.05, 3.63) is 72.2 Å². The van der Waals surface area contributed by atoms with Crippen molar-refractivity contribution in [2.75, 3.05) is 24.5 Å². The van der Waals surface area contributed by atoms with Crippen LogP contribution in [0.3, 0.4) is 0 Å². The Morgan fingerprint density at radius 2 is 1.83 bits per heavy atom. The van der Waals surface area contributed by atoms with Gasteiger partial charge in [-0.1, -0.05) is 42.5 Å². The van der Waals surface area contributed by atoms with E-state index in [2.05, 4.69) is 44.5 Å². The largest absolute Gasteiger partial charge is 0.445 e. The molecule has 0 aliphatic carbocycles. The summed E-state index contributed by atoms with van der Waals surface area (Å²) in [7, 11) is 0. The third-order valence-corrected chi connectivity index (χ3v) is 5.11. The number of benzene rings is 2. The second-order valence-corrected chi connectivity index (χ2v) is 7.21. The molecule has 0 radical (unpaired) electrons. The van der Waals surface area contributed by atoms with Crippen LogP contribution in [0, 0.1) is 0 Å². The molecule has 0 bridgehead atoms. The number of alkyl carbamates (subject to hydrolysis) is 1. The van der Waals surface area contributed by atoms with Gasteiger partial charge in [0.05, 0.1) is 5.69 Å². The molecular formula is C23H26N4O2. The summed E-state index contributed by atoms with van der Waals surface area (Å²) >= 11 is 0. The van der Waals surface area contributed by atoms with Gasteiger partial charge in [-0.25, -0.2) is 9.78 Å². The first-order valence-corrected chi connectivity index (χ1v) is 10.1. The number of anilines is 1. The highest BCUT2D eigenvalue weighted by atomic mass is 16.5. The molecule has 2 aromatic carbocycles. The first-order chi connectivity index (χ1) is 14.3. The number of amides is 1.